The molecule has 2 aromatic rings. The van der Waals surface area contributed by atoms with Crippen LogP contribution in [-0.2, 0) is 0 Å². The van der Waals surface area contributed by atoms with E-state index in [1.807, 2.05) is 24.3 Å². The fourth-order valence-electron chi connectivity index (χ4n) is 1.82. The number of methoxy groups -OCH3 is 2. The van der Waals surface area contributed by atoms with Gasteiger partial charge in [-0.2, -0.15) is 0 Å². The number of ether oxygens (including phenoxy) is 2. The van der Waals surface area contributed by atoms with Gasteiger partial charge in [0.1, 0.15) is 11.5 Å². The van der Waals surface area contributed by atoms with Crippen molar-refractivity contribution < 1.29 is 9.47 Å². The molecular formula is C14H14ClNO2. The molecule has 0 bridgehead atoms. The van der Waals surface area contributed by atoms with Crippen LogP contribution in [0.2, 0.25) is 5.02 Å². The molecule has 0 saturated carbocycles. The first-order valence-corrected chi connectivity index (χ1v) is 5.81. The first-order chi connectivity index (χ1) is 8.67. The van der Waals surface area contributed by atoms with E-state index in [9.17, 15) is 0 Å². The van der Waals surface area contributed by atoms with Crippen molar-refractivity contribution in [3.8, 4) is 22.6 Å². The maximum Gasteiger partial charge on any atom is 0.130 e. The van der Waals surface area contributed by atoms with Gasteiger partial charge in [-0.1, -0.05) is 23.7 Å². The number of halogens is 1. The maximum absolute atomic E-state index is 6.05. The Morgan fingerprint density at radius 3 is 2.11 bits per heavy atom. The summed E-state index contributed by atoms with van der Waals surface area (Å²) in [6.07, 6.45) is 0. The summed E-state index contributed by atoms with van der Waals surface area (Å²) in [7, 11) is 3.24. The van der Waals surface area contributed by atoms with Crippen LogP contribution < -0.4 is 15.2 Å². The summed E-state index contributed by atoms with van der Waals surface area (Å²) in [6, 6.07) is 11.1. The lowest BCUT2D eigenvalue weighted by atomic mass is 10.0. The van der Waals surface area contributed by atoms with Gasteiger partial charge < -0.3 is 15.2 Å². The molecule has 2 rings (SSSR count). The molecule has 0 aliphatic rings. The Morgan fingerprint density at radius 2 is 1.61 bits per heavy atom. The van der Waals surface area contributed by atoms with Crippen molar-refractivity contribution in [2.45, 2.75) is 0 Å². The van der Waals surface area contributed by atoms with Crippen molar-refractivity contribution in [1.29, 1.82) is 0 Å². The van der Waals surface area contributed by atoms with E-state index in [0.717, 1.165) is 22.6 Å². The molecule has 3 nitrogen and oxygen atoms in total. The molecule has 94 valence electrons. The smallest absolute Gasteiger partial charge is 0.130 e. The van der Waals surface area contributed by atoms with Crippen molar-refractivity contribution in [2.75, 3.05) is 20.0 Å². The topological polar surface area (TPSA) is 44.5 Å². The predicted molar refractivity (Wildman–Crippen MR) is 74.4 cm³/mol. The summed E-state index contributed by atoms with van der Waals surface area (Å²) in [6.45, 7) is 0. The fourth-order valence-corrected chi connectivity index (χ4v) is 2.00. The highest BCUT2D eigenvalue weighted by atomic mass is 35.5. The van der Waals surface area contributed by atoms with Gasteiger partial charge in [0, 0.05) is 0 Å². The van der Waals surface area contributed by atoms with Crippen molar-refractivity contribution in [2.24, 2.45) is 0 Å². The first kappa shape index (κ1) is 12.6. The number of hydrogen-bond acceptors (Lipinski definition) is 3. The highest BCUT2D eigenvalue weighted by Crippen LogP contribution is 2.39. The van der Waals surface area contributed by atoms with Crippen LogP contribution in [0.3, 0.4) is 0 Å². The molecule has 0 amide bonds. The van der Waals surface area contributed by atoms with Crippen LogP contribution in [0.15, 0.2) is 36.4 Å². The molecule has 2 aromatic carbocycles. The van der Waals surface area contributed by atoms with Crippen molar-refractivity contribution in [3.63, 3.8) is 0 Å². The Hall–Kier alpha value is -1.87. The SMILES string of the molecule is COc1cccc(OC)c1-c1ccc(N)c(Cl)c1. The van der Waals surface area contributed by atoms with Gasteiger partial charge in [0.05, 0.1) is 30.5 Å². The van der Waals surface area contributed by atoms with Crippen LogP contribution in [0.1, 0.15) is 0 Å². The van der Waals surface area contributed by atoms with Crippen LogP contribution in [0.4, 0.5) is 5.69 Å². The summed E-state index contributed by atoms with van der Waals surface area (Å²) in [5, 5.41) is 0.514. The van der Waals surface area contributed by atoms with Gasteiger partial charge >= 0.3 is 0 Å². The molecule has 0 spiro atoms. The number of nitrogens with two attached hydrogens (primary N) is 1. The molecule has 4 heteroatoms. The minimum Gasteiger partial charge on any atom is -0.496 e. The second-order valence-corrected chi connectivity index (χ2v) is 4.18. The lowest BCUT2D eigenvalue weighted by Gasteiger charge is -2.13. The zero-order chi connectivity index (χ0) is 13.1. The van der Waals surface area contributed by atoms with Crippen LogP contribution in [0.5, 0.6) is 11.5 Å². The maximum atomic E-state index is 6.05. The summed E-state index contributed by atoms with van der Waals surface area (Å²) in [4.78, 5) is 0. The van der Waals surface area contributed by atoms with E-state index in [4.69, 9.17) is 26.8 Å². The molecular weight excluding hydrogens is 250 g/mol. The van der Waals surface area contributed by atoms with Gasteiger partial charge in [-0.05, 0) is 29.8 Å². The Labute approximate surface area is 111 Å². The summed E-state index contributed by atoms with van der Waals surface area (Å²) in [5.74, 6) is 1.46. The molecule has 0 unspecified atom stereocenters. The Morgan fingerprint density at radius 1 is 1.00 bits per heavy atom. The molecule has 0 atom stereocenters. The molecule has 2 N–H and O–H groups in total. The number of rotatable bonds is 3. The predicted octanol–water partition coefficient (Wildman–Crippen LogP) is 3.61. The summed E-state index contributed by atoms with van der Waals surface area (Å²) < 4.78 is 10.7. The lowest BCUT2D eigenvalue weighted by Crippen LogP contribution is -1.93. The molecule has 0 fully saturated rings. The zero-order valence-corrected chi connectivity index (χ0v) is 11.0. The lowest BCUT2D eigenvalue weighted by molar-refractivity contribution is 0.397. The largest absolute Gasteiger partial charge is 0.496 e. The number of hydrogen-bond donors (Lipinski definition) is 1. The molecule has 0 radical (unpaired) electrons. The third-order valence-electron chi connectivity index (χ3n) is 2.72. The second-order valence-electron chi connectivity index (χ2n) is 3.77. The first-order valence-electron chi connectivity index (χ1n) is 5.43. The molecule has 0 aromatic heterocycles. The van der Waals surface area contributed by atoms with Crippen molar-refractivity contribution in [3.05, 3.63) is 41.4 Å². The van der Waals surface area contributed by atoms with Gasteiger partial charge in [0.25, 0.3) is 0 Å². The summed E-state index contributed by atoms with van der Waals surface area (Å²) >= 11 is 6.05. The third kappa shape index (κ3) is 2.22. The Bertz CT molecular complexity index is 547. The standard InChI is InChI=1S/C14H14ClNO2/c1-17-12-4-3-5-13(18-2)14(12)9-6-7-11(16)10(15)8-9/h3-8H,16H2,1-2H3. The van der Waals surface area contributed by atoms with Gasteiger partial charge in [-0.3, -0.25) is 0 Å². The molecule has 18 heavy (non-hydrogen) atoms. The second kappa shape index (κ2) is 5.19. The normalized spacial score (nSPS) is 10.2. The average molecular weight is 264 g/mol. The van der Waals surface area contributed by atoms with E-state index in [1.165, 1.54) is 0 Å². The minimum absolute atomic E-state index is 0.514. The fraction of sp³-hybridized carbons (Fsp3) is 0.143. The number of anilines is 1. The average Bonchev–Trinajstić information content (AvgIpc) is 2.41. The Balaban J connectivity index is 2.64. The van der Waals surface area contributed by atoms with Crippen LogP contribution in [0.25, 0.3) is 11.1 Å². The quantitative estimate of drug-likeness (QED) is 0.861. The van der Waals surface area contributed by atoms with E-state index in [0.29, 0.717) is 10.7 Å². The number of nitrogen functional groups attached to an aromatic ring is 1. The van der Waals surface area contributed by atoms with Gasteiger partial charge in [-0.25, -0.2) is 0 Å². The van der Waals surface area contributed by atoms with Gasteiger partial charge in [0.2, 0.25) is 0 Å². The van der Waals surface area contributed by atoms with E-state index in [-0.39, 0.29) is 0 Å². The minimum atomic E-state index is 0.514. The monoisotopic (exact) mass is 263 g/mol. The van der Waals surface area contributed by atoms with E-state index in [1.54, 1.807) is 26.4 Å². The van der Waals surface area contributed by atoms with Crippen LogP contribution >= 0.6 is 11.6 Å². The molecule has 0 saturated heterocycles. The molecule has 0 heterocycles. The Kier molecular flexibility index (Phi) is 3.63. The van der Waals surface area contributed by atoms with Gasteiger partial charge in [0.15, 0.2) is 0 Å². The van der Waals surface area contributed by atoms with Crippen LogP contribution in [0, 0.1) is 0 Å². The highest BCUT2D eigenvalue weighted by molar-refractivity contribution is 6.33. The zero-order valence-electron chi connectivity index (χ0n) is 10.2. The third-order valence-corrected chi connectivity index (χ3v) is 3.04. The molecule has 0 aliphatic carbocycles. The van der Waals surface area contributed by atoms with Crippen molar-refractivity contribution >= 4 is 17.3 Å². The van der Waals surface area contributed by atoms with E-state index < -0.39 is 0 Å². The van der Waals surface area contributed by atoms with E-state index >= 15 is 0 Å². The van der Waals surface area contributed by atoms with Crippen molar-refractivity contribution in [1.82, 2.24) is 0 Å². The number of benzene rings is 2. The summed E-state index contributed by atoms with van der Waals surface area (Å²) in [5.41, 5.74) is 8.03. The van der Waals surface area contributed by atoms with Crippen LogP contribution in [-0.4, -0.2) is 14.2 Å². The highest BCUT2D eigenvalue weighted by Gasteiger charge is 2.13. The van der Waals surface area contributed by atoms with Gasteiger partial charge in [-0.15, -0.1) is 0 Å². The van der Waals surface area contributed by atoms with E-state index in [2.05, 4.69) is 0 Å². The molecule has 0 aliphatic heterocycles.